The number of H-pyrrole nitrogens is 1. The predicted molar refractivity (Wildman–Crippen MR) is 82.8 cm³/mol. The second kappa shape index (κ2) is 6.05. The van der Waals surface area contributed by atoms with Crippen molar-refractivity contribution in [2.75, 3.05) is 5.32 Å². The number of nitrogens with zero attached hydrogens (tertiary/aromatic N) is 1. The fourth-order valence-corrected chi connectivity index (χ4v) is 2.11. The Balaban J connectivity index is 1.66. The quantitative estimate of drug-likeness (QED) is 0.769. The van der Waals surface area contributed by atoms with Crippen molar-refractivity contribution >= 4 is 11.6 Å². The number of carbonyl (C=O) groups excluding carboxylic acids is 1. The SMILES string of the molecule is O=C(Cc1cc(-c2ccccc2)n[nH]1)Nc1ccccc1. The third kappa shape index (κ3) is 3.36. The molecule has 0 saturated carbocycles. The Kier molecular flexibility index (Phi) is 3.78. The van der Waals surface area contributed by atoms with E-state index in [0.29, 0.717) is 0 Å². The maximum Gasteiger partial charge on any atom is 0.230 e. The van der Waals surface area contributed by atoms with Gasteiger partial charge in [0.15, 0.2) is 0 Å². The third-order valence-electron chi connectivity index (χ3n) is 3.11. The lowest BCUT2D eigenvalue weighted by Crippen LogP contribution is -2.14. The van der Waals surface area contributed by atoms with Gasteiger partial charge < -0.3 is 5.32 Å². The van der Waals surface area contributed by atoms with E-state index in [9.17, 15) is 4.79 Å². The van der Waals surface area contributed by atoms with Gasteiger partial charge in [0, 0.05) is 16.9 Å². The van der Waals surface area contributed by atoms with Crippen molar-refractivity contribution in [1.29, 1.82) is 0 Å². The summed E-state index contributed by atoms with van der Waals surface area (Å²) in [5, 5.41) is 10.0. The number of benzene rings is 2. The lowest BCUT2D eigenvalue weighted by Gasteiger charge is -2.03. The van der Waals surface area contributed by atoms with Gasteiger partial charge in [-0.2, -0.15) is 5.10 Å². The van der Waals surface area contributed by atoms with Gasteiger partial charge in [0.25, 0.3) is 0 Å². The van der Waals surface area contributed by atoms with Gasteiger partial charge in [0.1, 0.15) is 0 Å². The Bertz CT molecular complexity index is 720. The normalized spacial score (nSPS) is 10.3. The van der Waals surface area contributed by atoms with Crippen LogP contribution in [0.5, 0.6) is 0 Å². The van der Waals surface area contributed by atoms with Crippen molar-refractivity contribution < 1.29 is 4.79 Å². The molecule has 104 valence electrons. The molecule has 0 spiro atoms. The molecule has 0 bridgehead atoms. The summed E-state index contributed by atoms with van der Waals surface area (Å²) < 4.78 is 0. The monoisotopic (exact) mass is 277 g/mol. The number of hydrogen-bond acceptors (Lipinski definition) is 2. The van der Waals surface area contributed by atoms with Gasteiger partial charge in [-0.05, 0) is 18.2 Å². The zero-order valence-corrected chi connectivity index (χ0v) is 11.4. The molecule has 2 aromatic carbocycles. The first-order chi connectivity index (χ1) is 10.3. The molecule has 1 amide bonds. The molecule has 0 aliphatic carbocycles. The van der Waals surface area contributed by atoms with Crippen molar-refractivity contribution in [3.63, 3.8) is 0 Å². The number of aromatic amines is 1. The number of amides is 1. The standard InChI is InChI=1S/C17H15N3O/c21-17(18-14-9-5-2-6-10-14)12-15-11-16(20-19-15)13-7-3-1-4-8-13/h1-11H,12H2,(H,18,21)(H,19,20). The lowest BCUT2D eigenvalue weighted by molar-refractivity contribution is -0.115. The molecule has 3 rings (SSSR count). The van der Waals surface area contributed by atoms with Crippen LogP contribution >= 0.6 is 0 Å². The van der Waals surface area contributed by atoms with Gasteiger partial charge in [0.05, 0.1) is 12.1 Å². The molecule has 4 nitrogen and oxygen atoms in total. The minimum atomic E-state index is -0.0653. The van der Waals surface area contributed by atoms with E-state index in [1.54, 1.807) is 0 Å². The average molecular weight is 277 g/mol. The summed E-state index contributed by atoms with van der Waals surface area (Å²) >= 11 is 0. The first kappa shape index (κ1) is 13.1. The molecule has 0 atom stereocenters. The van der Waals surface area contributed by atoms with E-state index >= 15 is 0 Å². The number of carbonyl (C=O) groups is 1. The first-order valence-corrected chi connectivity index (χ1v) is 6.76. The lowest BCUT2D eigenvalue weighted by atomic mass is 10.1. The van der Waals surface area contributed by atoms with Gasteiger partial charge in [-0.25, -0.2) is 0 Å². The maximum absolute atomic E-state index is 12.0. The highest BCUT2D eigenvalue weighted by Gasteiger charge is 2.08. The maximum atomic E-state index is 12.0. The average Bonchev–Trinajstić information content (AvgIpc) is 2.97. The minimum Gasteiger partial charge on any atom is -0.326 e. The summed E-state index contributed by atoms with van der Waals surface area (Å²) in [6, 6.07) is 21.2. The third-order valence-corrected chi connectivity index (χ3v) is 3.11. The van der Waals surface area contributed by atoms with E-state index in [1.165, 1.54) is 0 Å². The molecular formula is C17H15N3O. The van der Waals surface area contributed by atoms with E-state index < -0.39 is 0 Å². The molecule has 0 radical (unpaired) electrons. The Morgan fingerprint density at radius 1 is 1.00 bits per heavy atom. The molecule has 21 heavy (non-hydrogen) atoms. The van der Waals surface area contributed by atoms with Crippen LogP contribution in [0.25, 0.3) is 11.3 Å². The Morgan fingerprint density at radius 2 is 1.67 bits per heavy atom. The zero-order valence-electron chi connectivity index (χ0n) is 11.4. The van der Waals surface area contributed by atoms with Gasteiger partial charge >= 0.3 is 0 Å². The van der Waals surface area contributed by atoms with E-state index in [-0.39, 0.29) is 12.3 Å². The summed E-state index contributed by atoms with van der Waals surface area (Å²) in [6.45, 7) is 0. The van der Waals surface area contributed by atoms with Crippen molar-refractivity contribution in [3.05, 3.63) is 72.4 Å². The fraction of sp³-hybridized carbons (Fsp3) is 0.0588. The van der Waals surface area contributed by atoms with Gasteiger partial charge in [-0.3, -0.25) is 9.89 Å². The van der Waals surface area contributed by atoms with Crippen LogP contribution in [0.15, 0.2) is 66.7 Å². The molecular weight excluding hydrogens is 262 g/mol. The second-order valence-electron chi connectivity index (χ2n) is 4.74. The van der Waals surface area contributed by atoms with Crippen LogP contribution in [0.4, 0.5) is 5.69 Å². The van der Waals surface area contributed by atoms with Crippen LogP contribution in [0, 0.1) is 0 Å². The second-order valence-corrected chi connectivity index (χ2v) is 4.74. The van der Waals surface area contributed by atoms with Crippen LogP contribution in [0.1, 0.15) is 5.69 Å². The number of hydrogen-bond donors (Lipinski definition) is 2. The summed E-state index contributed by atoms with van der Waals surface area (Å²) in [5.74, 6) is -0.0653. The topological polar surface area (TPSA) is 57.8 Å². The van der Waals surface area contributed by atoms with Crippen molar-refractivity contribution in [3.8, 4) is 11.3 Å². The number of para-hydroxylation sites is 1. The molecule has 1 heterocycles. The Morgan fingerprint density at radius 3 is 2.38 bits per heavy atom. The molecule has 0 aliphatic heterocycles. The molecule has 0 aliphatic rings. The van der Waals surface area contributed by atoms with Gasteiger partial charge in [-0.1, -0.05) is 48.5 Å². The van der Waals surface area contributed by atoms with E-state index in [0.717, 1.165) is 22.6 Å². The van der Waals surface area contributed by atoms with Crippen LogP contribution < -0.4 is 5.32 Å². The summed E-state index contributed by atoms with van der Waals surface area (Å²) in [6.07, 6.45) is 0.273. The number of aromatic nitrogens is 2. The summed E-state index contributed by atoms with van der Waals surface area (Å²) in [5.41, 5.74) is 3.47. The number of nitrogens with one attached hydrogen (secondary N) is 2. The van der Waals surface area contributed by atoms with Crippen LogP contribution in [0.2, 0.25) is 0 Å². The number of anilines is 1. The van der Waals surface area contributed by atoms with E-state index in [2.05, 4.69) is 15.5 Å². The Labute approximate surface area is 122 Å². The molecule has 0 saturated heterocycles. The van der Waals surface area contributed by atoms with Gasteiger partial charge in [0.2, 0.25) is 5.91 Å². The first-order valence-electron chi connectivity index (χ1n) is 6.76. The molecule has 4 heteroatoms. The fourth-order valence-electron chi connectivity index (χ4n) is 2.11. The molecule has 1 aromatic heterocycles. The van der Waals surface area contributed by atoms with E-state index in [1.807, 2.05) is 66.7 Å². The summed E-state index contributed by atoms with van der Waals surface area (Å²) in [4.78, 5) is 12.0. The smallest absolute Gasteiger partial charge is 0.230 e. The summed E-state index contributed by atoms with van der Waals surface area (Å²) in [7, 11) is 0. The van der Waals surface area contributed by atoms with Crippen LogP contribution in [0.3, 0.4) is 0 Å². The van der Waals surface area contributed by atoms with Crippen molar-refractivity contribution in [2.24, 2.45) is 0 Å². The number of rotatable bonds is 4. The largest absolute Gasteiger partial charge is 0.326 e. The minimum absolute atomic E-state index is 0.0653. The van der Waals surface area contributed by atoms with Gasteiger partial charge in [-0.15, -0.1) is 0 Å². The highest BCUT2D eigenvalue weighted by Crippen LogP contribution is 2.17. The van der Waals surface area contributed by atoms with Crippen LogP contribution in [-0.4, -0.2) is 16.1 Å². The highest BCUT2D eigenvalue weighted by atomic mass is 16.1. The van der Waals surface area contributed by atoms with Crippen molar-refractivity contribution in [2.45, 2.75) is 6.42 Å². The molecule has 0 unspecified atom stereocenters. The highest BCUT2D eigenvalue weighted by molar-refractivity contribution is 5.92. The Hall–Kier alpha value is -2.88. The molecule has 3 aromatic rings. The van der Waals surface area contributed by atoms with Crippen molar-refractivity contribution in [1.82, 2.24) is 10.2 Å². The predicted octanol–water partition coefficient (Wildman–Crippen LogP) is 3.26. The molecule has 2 N–H and O–H groups in total. The van der Waals surface area contributed by atoms with Crippen LogP contribution in [-0.2, 0) is 11.2 Å². The molecule has 0 fully saturated rings. The van der Waals surface area contributed by atoms with E-state index in [4.69, 9.17) is 0 Å². The zero-order chi connectivity index (χ0) is 14.5.